The summed E-state index contributed by atoms with van der Waals surface area (Å²) in [5.74, 6) is 2.00. The fourth-order valence-electron chi connectivity index (χ4n) is 4.68. The molecular formula is C22H37IN4O3. The zero-order chi connectivity index (χ0) is 19.9. The molecule has 7 nitrogen and oxygen atoms in total. The highest BCUT2D eigenvalue weighted by Crippen LogP contribution is 2.26. The molecule has 3 saturated heterocycles. The van der Waals surface area contributed by atoms with Gasteiger partial charge in [-0.1, -0.05) is 6.42 Å². The van der Waals surface area contributed by atoms with E-state index >= 15 is 0 Å². The number of piperidine rings is 1. The monoisotopic (exact) mass is 532 g/mol. The third-order valence-electron chi connectivity index (χ3n) is 6.22. The van der Waals surface area contributed by atoms with Crippen LogP contribution in [-0.2, 0) is 9.47 Å². The molecule has 3 atom stereocenters. The van der Waals surface area contributed by atoms with Crippen LogP contribution in [0.3, 0.4) is 0 Å². The molecule has 3 fully saturated rings. The lowest BCUT2D eigenvalue weighted by atomic mass is 10.1. The number of aliphatic imine (C=N–C) groups is 1. The third-order valence-corrected chi connectivity index (χ3v) is 6.22. The predicted molar refractivity (Wildman–Crippen MR) is 129 cm³/mol. The van der Waals surface area contributed by atoms with E-state index in [0.29, 0.717) is 6.54 Å². The molecule has 8 heteroatoms. The van der Waals surface area contributed by atoms with Crippen LogP contribution in [0.15, 0.2) is 27.8 Å². The van der Waals surface area contributed by atoms with Gasteiger partial charge in [0.25, 0.3) is 0 Å². The Morgan fingerprint density at radius 1 is 1.13 bits per heavy atom. The summed E-state index contributed by atoms with van der Waals surface area (Å²) in [5.41, 5.74) is 0. The van der Waals surface area contributed by atoms with Crippen molar-refractivity contribution in [2.45, 2.75) is 57.3 Å². The number of ether oxygens (including phenoxy) is 2. The predicted octanol–water partition coefficient (Wildman–Crippen LogP) is 3.27. The summed E-state index contributed by atoms with van der Waals surface area (Å²) in [5, 5.41) is 3.50. The number of furan rings is 1. The van der Waals surface area contributed by atoms with E-state index in [4.69, 9.17) is 18.9 Å². The first-order valence-corrected chi connectivity index (χ1v) is 11.4. The van der Waals surface area contributed by atoms with E-state index in [9.17, 15) is 0 Å². The van der Waals surface area contributed by atoms with Crippen LogP contribution >= 0.6 is 24.0 Å². The molecule has 3 aliphatic rings. The lowest BCUT2D eigenvalue weighted by Gasteiger charge is -2.37. The van der Waals surface area contributed by atoms with Crippen LogP contribution in [0.4, 0.5) is 0 Å². The number of halogens is 1. The van der Waals surface area contributed by atoms with E-state index < -0.39 is 0 Å². The third kappa shape index (κ3) is 6.11. The van der Waals surface area contributed by atoms with Crippen molar-refractivity contribution >= 4 is 29.9 Å². The van der Waals surface area contributed by atoms with Gasteiger partial charge in [0.15, 0.2) is 5.96 Å². The molecule has 3 aliphatic heterocycles. The van der Waals surface area contributed by atoms with Crippen molar-refractivity contribution in [3.8, 4) is 0 Å². The number of hydrogen-bond acceptors (Lipinski definition) is 5. The minimum atomic E-state index is 0. The first-order chi connectivity index (χ1) is 14.3. The van der Waals surface area contributed by atoms with Crippen LogP contribution < -0.4 is 5.32 Å². The van der Waals surface area contributed by atoms with E-state index in [2.05, 4.69) is 28.1 Å². The van der Waals surface area contributed by atoms with Gasteiger partial charge in [-0.3, -0.25) is 9.89 Å². The second kappa shape index (κ2) is 12.3. The largest absolute Gasteiger partial charge is 0.468 e. The quantitative estimate of drug-likeness (QED) is 0.345. The number of hydrogen-bond donors (Lipinski definition) is 1. The summed E-state index contributed by atoms with van der Waals surface area (Å²) >= 11 is 0. The maximum atomic E-state index is 6.03. The van der Waals surface area contributed by atoms with Crippen LogP contribution in [0, 0.1) is 0 Å². The van der Waals surface area contributed by atoms with E-state index in [1.807, 2.05) is 6.07 Å². The minimum absolute atomic E-state index is 0. The first kappa shape index (κ1) is 23.8. The molecule has 0 spiro atoms. The normalized spacial score (nSPS) is 27.0. The topological polar surface area (TPSA) is 62.5 Å². The SMILES string of the molecule is CCNC(=NCC(c1ccco1)N1CCCCC1)N1CCOC(C2CCCO2)C1.I. The van der Waals surface area contributed by atoms with Crippen LogP contribution in [0.5, 0.6) is 0 Å². The molecule has 0 aromatic carbocycles. The van der Waals surface area contributed by atoms with Gasteiger partial charge in [-0.2, -0.15) is 0 Å². The Kier molecular flexibility index (Phi) is 9.73. The number of nitrogens with zero attached hydrogens (tertiary/aromatic N) is 3. The highest BCUT2D eigenvalue weighted by molar-refractivity contribution is 14.0. The average Bonchev–Trinajstić information content (AvgIpc) is 3.49. The van der Waals surface area contributed by atoms with Gasteiger partial charge in [-0.25, -0.2) is 0 Å². The van der Waals surface area contributed by atoms with Gasteiger partial charge in [0, 0.05) is 26.2 Å². The number of rotatable bonds is 6. The number of guanidine groups is 1. The van der Waals surface area contributed by atoms with Crippen molar-refractivity contribution in [3.63, 3.8) is 0 Å². The molecule has 1 aromatic heterocycles. The second-order valence-electron chi connectivity index (χ2n) is 8.23. The summed E-state index contributed by atoms with van der Waals surface area (Å²) in [6.45, 7) is 9.22. The molecule has 0 amide bonds. The molecule has 30 heavy (non-hydrogen) atoms. The van der Waals surface area contributed by atoms with Crippen LogP contribution in [0.25, 0.3) is 0 Å². The summed E-state index contributed by atoms with van der Waals surface area (Å²) < 4.78 is 17.7. The maximum Gasteiger partial charge on any atom is 0.194 e. The minimum Gasteiger partial charge on any atom is -0.468 e. The number of morpholine rings is 1. The zero-order valence-corrected chi connectivity index (χ0v) is 20.5. The molecule has 0 saturated carbocycles. The van der Waals surface area contributed by atoms with E-state index in [1.54, 1.807) is 6.26 Å². The van der Waals surface area contributed by atoms with E-state index in [-0.39, 0.29) is 42.2 Å². The number of nitrogens with one attached hydrogen (secondary N) is 1. The number of likely N-dealkylation sites (tertiary alicyclic amines) is 1. The van der Waals surface area contributed by atoms with Gasteiger partial charge in [-0.05, 0) is 57.8 Å². The molecule has 170 valence electrons. The Hall–Kier alpha value is -0.840. The standard InChI is InChI=1S/C22H36N4O3.HI/c1-2-23-22(26-12-15-29-21(17-26)20-9-7-14-28-20)24-16-18(19-8-6-13-27-19)25-10-4-3-5-11-25;/h6,8,13,18,20-21H,2-5,7,9-12,14-17H2,1H3,(H,23,24);1H. The van der Waals surface area contributed by atoms with Gasteiger partial charge in [-0.15, -0.1) is 24.0 Å². The van der Waals surface area contributed by atoms with Gasteiger partial charge in [0.05, 0.1) is 31.6 Å². The zero-order valence-electron chi connectivity index (χ0n) is 18.1. The maximum absolute atomic E-state index is 6.03. The summed E-state index contributed by atoms with van der Waals surface area (Å²) in [7, 11) is 0. The summed E-state index contributed by atoms with van der Waals surface area (Å²) in [4.78, 5) is 9.94. The smallest absolute Gasteiger partial charge is 0.194 e. The Labute approximate surface area is 197 Å². The van der Waals surface area contributed by atoms with Crippen molar-refractivity contribution in [2.24, 2.45) is 4.99 Å². The van der Waals surface area contributed by atoms with Gasteiger partial charge in [0.1, 0.15) is 11.9 Å². The summed E-state index contributed by atoms with van der Waals surface area (Å²) in [6.07, 6.45) is 8.21. The van der Waals surface area contributed by atoms with Crippen molar-refractivity contribution < 1.29 is 13.9 Å². The van der Waals surface area contributed by atoms with Gasteiger partial charge in [0.2, 0.25) is 0 Å². The van der Waals surface area contributed by atoms with Crippen LogP contribution in [0.1, 0.15) is 50.8 Å². The fraction of sp³-hybridized carbons (Fsp3) is 0.773. The highest BCUT2D eigenvalue weighted by Gasteiger charge is 2.32. The van der Waals surface area contributed by atoms with Gasteiger partial charge >= 0.3 is 0 Å². The molecule has 0 radical (unpaired) electrons. The van der Waals surface area contributed by atoms with Crippen molar-refractivity contribution in [3.05, 3.63) is 24.2 Å². The molecule has 1 N–H and O–H groups in total. The average molecular weight is 532 g/mol. The Bertz CT molecular complexity index is 630. The van der Waals surface area contributed by atoms with Crippen LogP contribution in [-0.4, -0.2) is 80.4 Å². The van der Waals surface area contributed by atoms with E-state index in [0.717, 1.165) is 70.5 Å². The Morgan fingerprint density at radius 3 is 2.67 bits per heavy atom. The lowest BCUT2D eigenvalue weighted by molar-refractivity contribution is -0.0817. The van der Waals surface area contributed by atoms with E-state index in [1.165, 1.54) is 19.3 Å². The molecule has 0 aliphatic carbocycles. The molecule has 0 bridgehead atoms. The van der Waals surface area contributed by atoms with Crippen molar-refractivity contribution in [2.75, 3.05) is 52.5 Å². The van der Waals surface area contributed by atoms with Gasteiger partial charge < -0.3 is 24.1 Å². The lowest BCUT2D eigenvalue weighted by Crippen LogP contribution is -2.53. The van der Waals surface area contributed by atoms with Crippen molar-refractivity contribution in [1.82, 2.24) is 15.1 Å². The van der Waals surface area contributed by atoms with Crippen LogP contribution in [0.2, 0.25) is 0 Å². The first-order valence-electron chi connectivity index (χ1n) is 11.4. The molecule has 4 heterocycles. The molecule has 4 rings (SSSR count). The fourth-order valence-corrected chi connectivity index (χ4v) is 4.68. The highest BCUT2D eigenvalue weighted by atomic mass is 127. The van der Waals surface area contributed by atoms with Crippen molar-refractivity contribution in [1.29, 1.82) is 0 Å². The Morgan fingerprint density at radius 2 is 1.97 bits per heavy atom. The molecule has 1 aromatic rings. The summed E-state index contributed by atoms with van der Waals surface area (Å²) in [6, 6.07) is 4.27. The molecular weight excluding hydrogens is 495 g/mol. The second-order valence-corrected chi connectivity index (χ2v) is 8.23. The Balaban J connectivity index is 0.00000256. The molecule has 3 unspecified atom stereocenters.